The lowest BCUT2D eigenvalue weighted by Gasteiger charge is -2.05. The zero-order valence-electron chi connectivity index (χ0n) is 11.5. The first-order valence-corrected chi connectivity index (χ1v) is 7.57. The van der Waals surface area contributed by atoms with Crippen molar-refractivity contribution in [3.8, 4) is 0 Å². The minimum atomic E-state index is -4.13. The van der Waals surface area contributed by atoms with Crippen LogP contribution in [0.1, 0.15) is 5.56 Å². The van der Waals surface area contributed by atoms with Crippen molar-refractivity contribution in [2.45, 2.75) is 5.75 Å². The molecule has 6 heteroatoms. The topological polar surface area (TPSA) is 64.3 Å². The van der Waals surface area contributed by atoms with Gasteiger partial charge in [0.2, 0.25) is 0 Å². The van der Waals surface area contributed by atoms with Crippen LogP contribution >= 0.6 is 0 Å². The Morgan fingerprint density at radius 2 is 1.50 bits per heavy atom. The summed E-state index contributed by atoms with van der Waals surface area (Å²) < 4.78 is 32.7. The van der Waals surface area contributed by atoms with Gasteiger partial charge < -0.3 is 4.55 Å². The summed E-state index contributed by atoms with van der Waals surface area (Å²) in [6.45, 7) is 0. The highest BCUT2D eigenvalue weighted by atomic mass is 32.2. The highest BCUT2D eigenvalue weighted by Gasteiger charge is 1.96. The van der Waals surface area contributed by atoms with Gasteiger partial charge in [0.15, 0.2) is 12.4 Å². The maximum Gasteiger partial charge on any atom is 0.199 e. The molecule has 0 spiro atoms. The van der Waals surface area contributed by atoms with Crippen LogP contribution in [0, 0.1) is 0 Å². The smallest absolute Gasteiger partial charge is 0.199 e. The molecule has 2 aromatic rings. The predicted octanol–water partition coefficient (Wildman–Crippen LogP) is 0.903. The van der Waals surface area contributed by atoms with Crippen LogP contribution in [-0.2, 0) is 15.9 Å². The fourth-order valence-corrected chi connectivity index (χ4v) is 2.04. The van der Waals surface area contributed by atoms with E-state index in [9.17, 15) is 13.0 Å². The Bertz CT molecular complexity index is 599. The fraction of sp³-hybridized carbons (Fsp3) is 0.214. The molecule has 0 bridgehead atoms. The SMILES string of the molecule is CN(C)[n+]1ccccc1.O=S(=O)([O-])Cc1ccccc1. The molecular formula is C14H18N2O3S. The van der Waals surface area contributed by atoms with Crippen molar-refractivity contribution in [1.82, 2.24) is 0 Å². The molecule has 20 heavy (non-hydrogen) atoms. The van der Waals surface area contributed by atoms with Gasteiger partial charge in [0.25, 0.3) is 0 Å². The second-order valence-corrected chi connectivity index (χ2v) is 5.69. The molecule has 1 aromatic carbocycles. The van der Waals surface area contributed by atoms with Gasteiger partial charge in [0.1, 0.15) is 0 Å². The number of hydrogen-bond acceptors (Lipinski definition) is 4. The summed E-state index contributed by atoms with van der Waals surface area (Å²) in [5, 5.41) is 2.00. The molecule has 0 aliphatic rings. The average molecular weight is 294 g/mol. The first kappa shape index (κ1) is 16.1. The molecule has 1 heterocycles. The van der Waals surface area contributed by atoms with Gasteiger partial charge in [-0.1, -0.05) is 41.1 Å². The molecule has 0 saturated heterocycles. The summed E-state index contributed by atoms with van der Waals surface area (Å²) in [5.74, 6) is -0.423. The summed E-state index contributed by atoms with van der Waals surface area (Å²) in [7, 11) is -0.127. The zero-order valence-corrected chi connectivity index (χ0v) is 12.3. The Labute approximate surface area is 119 Å². The molecule has 0 N–H and O–H groups in total. The predicted molar refractivity (Wildman–Crippen MR) is 76.5 cm³/mol. The van der Waals surface area contributed by atoms with Crippen molar-refractivity contribution >= 4 is 10.1 Å². The van der Waals surface area contributed by atoms with E-state index in [-0.39, 0.29) is 0 Å². The summed E-state index contributed by atoms with van der Waals surface area (Å²) in [6, 6.07) is 14.4. The van der Waals surface area contributed by atoms with Crippen molar-refractivity contribution in [3.63, 3.8) is 0 Å². The lowest BCUT2D eigenvalue weighted by molar-refractivity contribution is -0.687. The molecule has 2 rings (SSSR count). The summed E-state index contributed by atoms with van der Waals surface area (Å²) in [5.41, 5.74) is 0.530. The van der Waals surface area contributed by atoms with Crippen LogP contribution in [0.5, 0.6) is 0 Å². The molecule has 0 aliphatic heterocycles. The van der Waals surface area contributed by atoms with Gasteiger partial charge >= 0.3 is 0 Å². The summed E-state index contributed by atoms with van der Waals surface area (Å²) >= 11 is 0. The third-order valence-electron chi connectivity index (χ3n) is 2.35. The number of pyridine rings is 1. The van der Waals surface area contributed by atoms with E-state index in [1.54, 1.807) is 30.3 Å². The highest BCUT2D eigenvalue weighted by molar-refractivity contribution is 7.84. The highest BCUT2D eigenvalue weighted by Crippen LogP contribution is 2.02. The van der Waals surface area contributed by atoms with Crippen molar-refractivity contribution in [3.05, 3.63) is 66.5 Å². The zero-order chi connectivity index (χ0) is 15.0. The van der Waals surface area contributed by atoms with Crippen LogP contribution < -0.4 is 9.69 Å². The lowest BCUT2D eigenvalue weighted by atomic mass is 10.2. The van der Waals surface area contributed by atoms with E-state index in [1.807, 2.05) is 54.4 Å². The van der Waals surface area contributed by atoms with Crippen LogP contribution in [-0.4, -0.2) is 27.1 Å². The molecule has 0 amide bonds. The molecule has 0 radical (unpaired) electrons. The van der Waals surface area contributed by atoms with E-state index < -0.39 is 15.9 Å². The van der Waals surface area contributed by atoms with Gasteiger partial charge in [-0.25, -0.2) is 8.42 Å². The maximum atomic E-state index is 10.2. The van der Waals surface area contributed by atoms with Gasteiger partial charge in [0, 0.05) is 12.1 Å². The lowest BCUT2D eigenvalue weighted by Crippen LogP contribution is -2.51. The van der Waals surface area contributed by atoms with E-state index in [0.717, 1.165) is 0 Å². The Morgan fingerprint density at radius 1 is 1.00 bits per heavy atom. The Morgan fingerprint density at radius 3 is 1.90 bits per heavy atom. The van der Waals surface area contributed by atoms with Crippen LogP contribution in [0.3, 0.4) is 0 Å². The van der Waals surface area contributed by atoms with Gasteiger partial charge in [-0.15, -0.1) is 0 Å². The third-order valence-corrected chi connectivity index (χ3v) is 3.03. The first-order chi connectivity index (χ1) is 9.38. The van der Waals surface area contributed by atoms with E-state index >= 15 is 0 Å². The van der Waals surface area contributed by atoms with Crippen LogP contribution in [0.4, 0.5) is 0 Å². The van der Waals surface area contributed by atoms with Crippen molar-refractivity contribution < 1.29 is 17.6 Å². The molecule has 1 aromatic heterocycles. The molecule has 0 unspecified atom stereocenters. The van der Waals surface area contributed by atoms with E-state index in [4.69, 9.17) is 0 Å². The minimum absolute atomic E-state index is 0.423. The monoisotopic (exact) mass is 294 g/mol. The van der Waals surface area contributed by atoms with E-state index in [1.165, 1.54) is 0 Å². The minimum Gasteiger partial charge on any atom is -0.748 e. The van der Waals surface area contributed by atoms with Crippen molar-refractivity contribution in [2.24, 2.45) is 0 Å². The van der Waals surface area contributed by atoms with Gasteiger partial charge in [-0.05, 0) is 5.56 Å². The van der Waals surface area contributed by atoms with Gasteiger partial charge in [-0.2, -0.15) is 5.01 Å². The first-order valence-electron chi connectivity index (χ1n) is 6.00. The standard InChI is InChI=1S/C7H11N2.C7H8O3S/c1-8(2)9-6-4-3-5-7-9;8-11(9,10)6-7-4-2-1-3-5-7/h3-7H,1-2H3;1-5H,6H2,(H,8,9,10)/q+1;/p-1. The number of aromatic nitrogens is 1. The quantitative estimate of drug-likeness (QED) is 0.623. The van der Waals surface area contributed by atoms with Gasteiger partial charge in [-0.3, -0.25) is 0 Å². The van der Waals surface area contributed by atoms with E-state index in [2.05, 4.69) is 0 Å². The number of hydrogen-bond donors (Lipinski definition) is 0. The van der Waals surface area contributed by atoms with Crippen LogP contribution in [0.25, 0.3) is 0 Å². The van der Waals surface area contributed by atoms with Crippen LogP contribution in [0.15, 0.2) is 60.9 Å². The fourth-order valence-electron chi connectivity index (χ4n) is 1.43. The largest absolute Gasteiger partial charge is 0.748 e. The van der Waals surface area contributed by atoms with Crippen LogP contribution in [0.2, 0.25) is 0 Å². The second kappa shape index (κ2) is 7.62. The average Bonchev–Trinajstić information content (AvgIpc) is 2.40. The number of benzene rings is 1. The second-order valence-electron chi connectivity index (χ2n) is 4.29. The molecular weight excluding hydrogens is 276 g/mol. The summed E-state index contributed by atoms with van der Waals surface area (Å²) in [6.07, 6.45) is 4.00. The number of rotatable bonds is 3. The molecule has 0 fully saturated rings. The molecule has 5 nitrogen and oxygen atoms in total. The molecule has 108 valence electrons. The van der Waals surface area contributed by atoms with E-state index in [0.29, 0.717) is 5.56 Å². The molecule has 0 saturated carbocycles. The maximum absolute atomic E-state index is 10.2. The molecule has 0 atom stereocenters. The normalized spacial score (nSPS) is 10.3. The van der Waals surface area contributed by atoms with Crippen molar-refractivity contribution in [2.75, 3.05) is 19.1 Å². The Kier molecular flexibility index (Phi) is 6.14. The Hall–Kier alpha value is -1.92. The number of nitrogens with zero attached hydrogens (tertiary/aromatic N) is 2. The van der Waals surface area contributed by atoms with Gasteiger partial charge in [0.05, 0.1) is 30.0 Å². The van der Waals surface area contributed by atoms with Crippen molar-refractivity contribution in [1.29, 1.82) is 0 Å². The molecule has 0 aliphatic carbocycles. The third kappa shape index (κ3) is 6.86. The summed E-state index contributed by atoms with van der Waals surface area (Å²) in [4.78, 5) is 0. The Balaban J connectivity index is 0.000000204.